The van der Waals surface area contributed by atoms with Gasteiger partial charge < -0.3 is 10.5 Å². The van der Waals surface area contributed by atoms with Gasteiger partial charge in [0, 0.05) is 25.7 Å². The molecule has 0 radical (unpaired) electrons. The molecule has 1 aliphatic carbocycles. The number of ether oxygens (including phenoxy) is 1. The smallest absolute Gasteiger partial charge is 0.0747 e. The first-order valence-electron chi connectivity index (χ1n) is 7.37. The van der Waals surface area contributed by atoms with E-state index in [1.165, 1.54) is 45.2 Å². The summed E-state index contributed by atoms with van der Waals surface area (Å²) in [5, 5.41) is 0. The minimum atomic E-state index is 0.397. The highest BCUT2D eigenvalue weighted by atomic mass is 16.5. The Morgan fingerprint density at radius 3 is 2.41 bits per heavy atom. The highest BCUT2D eigenvalue weighted by Gasteiger charge is 2.41. The first kappa shape index (κ1) is 11.9. The molecule has 98 valence electrons. The average molecular weight is 238 g/mol. The summed E-state index contributed by atoms with van der Waals surface area (Å²) >= 11 is 0. The van der Waals surface area contributed by atoms with Gasteiger partial charge in [-0.2, -0.15) is 0 Å². The Balaban J connectivity index is 1.62. The van der Waals surface area contributed by atoms with Gasteiger partial charge in [-0.1, -0.05) is 6.42 Å². The van der Waals surface area contributed by atoms with Crippen molar-refractivity contribution in [2.24, 2.45) is 17.6 Å². The fraction of sp³-hybridized carbons (Fsp3) is 1.00. The molecule has 2 aliphatic heterocycles. The number of likely N-dealkylation sites (tertiary alicyclic amines) is 1. The van der Waals surface area contributed by atoms with Crippen LogP contribution in [0.3, 0.4) is 0 Å². The zero-order valence-corrected chi connectivity index (χ0v) is 11.0. The van der Waals surface area contributed by atoms with Crippen LogP contribution >= 0.6 is 0 Å². The van der Waals surface area contributed by atoms with Gasteiger partial charge in [-0.3, -0.25) is 4.90 Å². The fourth-order valence-electron chi connectivity index (χ4n) is 4.19. The quantitative estimate of drug-likeness (QED) is 0.812. The molecular formula is C14H26N2O. The standard InChI is InChI=1S/C14H26N2O/c1-10-5-6-14(17-10)13(7-15)16-8-11-3-2-4-12(11)9-16/h10-14H,2-9,15H2,1H3. The van der Waals surface area contributed by atoms with Gasteiger partial charge in [0.1, 0.15) is 0 Å². The van der Waals surface area contributed by atoms with Crippen molar-refractivity contribution in [2.45, 2.75) is 57.3 Å². The average Bonchev–Trinajstić information content (AvgIpc) is 2.95. The Morgan fingerprint density at radius 1 is 1.18 bits per heavy atom. The van der Waals surface area contributed by atoms with Crippen molar-refractivity contribution in [3.63, 3.8) is 0 Å². The van der Waals surface area contributed by atoms with Crippen LogP contribution in [0.25, 0.3) is 0 Å². The van der Waals surface area contributed by atoms with Crippen LogP contribution in [0.1, 0.15) is 39.0 Å². The van der Waals surface area contributed by atoms with Gasteiger partial charge in [-0.05, 0) is 44.4 Å². The third kappa shape index (κ3) is 2.25. The van der Waals surface area contributed by atoms with Crippen LogP contribution in [0.15, 0.2) is 0 Å². The number of nitrogens with zero attached hydrogens (tertiary/aromatic N) is 1. The second kappa shape index (κ2) is 4.87. The lowest BCUT2D eigenvalue weighted by molar-refractivity contribution is 0.000135. The van der Waals surface area contributed by atoms with Crippen molar-refractivity contribution in [1.82, 2.24) is 4.90 Å². The van der Waals surface area contributed by atoms with Crippen LogP contribution in [0.2, 0.25) is 0 Å². The first-order valence-corrected chi connectivity index (χ1v) is 7.37. The maximum atomic E-state index is 6.03. The summed E-state index contributed by atoms with van der Waals surface area (Å²) in [6, 6.07) is 0.477. The zero-order chi connectivity index (χ0) is 11.8. The lowest BCUT2D eigenvalue weighted by Gasteiger charge is -2.32. The lowest BCUT2D eigenvalue weighted by Crippen LogP contribution is -2.47. The molecule has 0 aromatic heterocycles. The molecule has 3 rings (SSSR count). The summed E-state index contributed by atoms with van der Waals surface area (Å²) in [5.74, 6) is 1.92. The Labute approximate surface area is 105 Å². The number of nitrogens with two attached hydrogens (primary N) is 1. The first-order chi connectivity index (χ1) is 8.28. The fourth-order valence-corrected chi connectivity index (χ4v) is 4.19. The minimum Gasteiger partial charge on any atom is -0.374 e. The van der Waals surface area contributed by atoms with E-state index in [0.717, 1.165) is 18.4 Å². The van der Waals surface area contributed by atoms with Gasteiger partial charge in [0.25, 0.3) is 0 Å². The van der Waals surface area contributed by atoms with Gasteiger partial charge in [0.2, 0.25) is 0 Å². The van der Waals surface area contributed by atoms with Crippen molar-refractivity contribution in [2.75, 3.05) is 19.6 Å². The molecule has 3 aliphatic rings. The highest BCUT2D eigenvalue weighted by molar-refractivity contribution is 4.95. The Bertz CT molecular complexity index is 259. The van der Waals surface area contributed by atoms with Gasteiger partial charge >= 0.3 is 0 Å². The van der Waals surface area contributed by atoms with Crippen LogP contribution in [0.4, 0.5) is 0 Å². The van der Waals surface area contributed by atoms with Gasteiger partial charge in [0.05, 0.1) is 12.2 Å². The second-order valence-electron chi connectivity index (χ2n) is 6.27. The maximum Gasteiger partial charge on any atom is 0.0747 e. The minimum absolute atomic E-state index is 0.397. The third-order valence-corrected chi connectivity index (χ3v) is 5.16. The second-order valence-corrected chi connectivity index (χ2v) is 6.27. The van der Waals surface area contributed by atoms with Gasteiger partial charge in [0.15, 0.2) is 0 Å². The molecule has 5 unspecified atom stereocenters. The molecule has 1 saturated carbocycles. The molecule has 0 aromatic rings. The zero-order valence-electron chi connectivity index (χ0n) is 11.0. The van der Waals surface area contributed by atoms with Crippen molar-refractivity contribution in [3.8, 4) is 0 Å². The molecule has 2 N–H and O–H groups in total. The van der Waals surface area contributed by atoms with Crippen LogP contribution in [0, 0.1) is 11.8 Å². The van der Waals surface area contributed by atoms with Crippen LogP contribution in [0.5, 0.6) is 0 Å². The molecule has 2 saturated heterocycles. The van der Waals surface area contributed by atoms with Crippen LogP contribution in [-0.2, 0) is 4.74 Å². The normalized spacial score (nSPS) is 44.1. The van der Waals surface area contributed by atoms with Crippen molar-refractivity contribution >= 4 is 0 Å². The summed E-state index contributed by atoms with van der Waals surface area (Å²) < 4.78 is 6.03. The van der Waals surface area contributed by atoms with E-state index in [1.54, 1.807) is 0 Å². The summed E-state index contributed by atoms with van der Waals surface area (Å²) in [4.78, 5) is 2.64. The van der Waals surface area contributed by atoms with E-state index in [-0.39, 0.29) is 0 Å². The molecule has 3 nitrogen and oxygen atoms in total. The lowest BCUT2D eigenvalue weighted by atomic mass is 10.0. The van der Waals surface area contributed by atoms with E-state index in [1.807, 2.05) is 0 Å². The number of hydrogen-bond acceptors (Lipinski definition) is 3. The molecule has 2 heterocycles. The van der Waals surface area contributed by atoms with Gasteiger partial charge in [-0.15, -0.1) is 0 Å². The maximum absolute atomic E-state index is 6.03. The van der Waals surface area contributed by atoms with Crippen molar-refractivity contribution in [1.29, 1.82) is 0 Å². The highest BCUT2D eigenvalue weighted by Crippen LogP contribution is 2.39. The molecule has 0 amide bonds. The largest absolute Gasteiger partial charge is 0.374 e. The van der Waals surface area contributed by atoms with E-state index in [2.05, 4.69) is 11.8 Å². The van der Waals surface area contributed by atoms with E-state index >= 15 is 0 Å². The molecule has 0 bridgehead atoms. The van der Waals surface area contributed by atoms with E-state index < -0.39 is 0 Å². The molecular weight excluding hydrogens is 212 g/mol. The van der Waals surface area contributed by atoms with E-state index in [9.17, 15) is 0 Å². The topological polar surface area (TPSA) is 38.5 Å². The molecule has 5 atom stereocenters. The summed E-state index contributed by atoms with van der Waals surface area (Å²) in [6.45, 7) is 5.50. The van der Waals surface area contributed by atoms with E-state index in [0.29, 0.717) is 18.2 Å². The predicted molar refractivity (Wildman–Crippen MR) is 68.8 cm³/mol. The monoisotopic (exact) mass is 238 g/mol. The summed E-state index contributed by atoms with van der Waals surface area (Å²) in [6.07, 6.45) is 7.59. The van der Waals surface area contributed by atoms with Crippen LogP contribution in [-0.4, -0.2) is 42.8 Å². The Hall–Kier alpha value is -0.120. The van der Waals surface area contributed by atoms with Crippen molar-refractivity contribution < 1.29 is 4.74 Å². The number of fused-ring (bicyclic) bond motifs is 1. The predicted octanol–water partition coefficient (Wildman–Crippen LogP) is 1.61. The summed E-state index contributed by atoms with van der Waals surface area (Å²) in [5.41, 5.74) is 6.01. The SMILES string of the molecule is CC1CCC(C(CN)N2CC3CCCC3C2)O1. The number of hydrogen-bond donors (Lipinski definition) is 1. The van der Waals surface area contributed by atoms with Gasteiger partial charge in [-0.25, -0.2) is 0 Å². The Morgan fingerprint density at radius 2 is 1.88 bits per heavy atom. The molecule has 0 aromatic carbocycles. The van der Waals surface area contributed by atoms with Crippen molar-refractivity contribution in [3.05, 3.63) is 0 Å². The molecule has 17 heavy (non-hydrogen) atoms. The third-order valence-electron chi connectivity index (χ3n) is 5.16. The number of rotatable bonds is 3. The summed E-state index contributed by atoms with van der Waals surface area (Å²) in [7, 11) is 0. The molecule has 3 heteroatoms. The molecule has 3 fully saturated rings. The Kier molecular flexibility index (Phi) is 3.42. The molecule has 0 spiro atoms. The van der Waals surface area contributed by atoms with Crippen LogP contribution < -0.4 is 5.73 Å². The van der Waals surface area contributed by atoms with E-state index in [4.69, 9.17) is 10.5 Å².